The Kier molecular flexibility index (Phi) is 4.41. The molecule has 5 rings (SSSR count). The van der Waals surface area contributed by atoms with Gasteiger partial charge in [0.2, 0.25) is 23.6 Å². The van der Waals surface area contributed by atoms with E-state index in [1.807, 2.05) is 0 Å². The molecule has 30 heavy (non-hydrogen) atoms. The summed E-state index contributed by atoms with van der Waals surface area (Å²) in [6, 6.07) is 6.68. The van der Waals surface area contributed by atoms with E-state index in [0.29, 0.717) is 17.9 Å². The third kappa shape index (κ3) is 2.61. The minimum absolute atomic E-state index is 0.0629. The molecule has 0 radical (unpaired) electrons. The van der Waals surface area contributed by atoms with Crippen LogP contribution in [0.15, 0.2) is 24.3 Å². The number of nitrogens with zero attached hydrogens (tertiary/aromatic N) is 1. The molecule has 1 aromatic carbocycles. The number of hydrogen-bond donors (Lipinski definition) is 3. The largest absolute Gasteiger partial charge is 0.376 e. The average molecular weight is 412 g/mol. The van der Waals surface area contributed by atoms with Crippen molar-refractivity contribution in [3.63, 3.8) is 0 Å². The summed E-state index contributed by atoms with van der Waals surface area (Å²) in [5.41, 5.74) is 5.28. The van der Waals surface area contributed by atoms with E-state index in [9.17, 15) is 19.2 Å². The Balaban J connectivity index is 1.55. The Morgan fingerprint density at radius 3 is 2.77 bits per heavy atom. The van der Waals surface area contributed by atoms with Crippen LogP contribution in [0.2, 0.25) is 0 Å². The Labute approximate surface area is 173 Å². The summed E-state index contributed by atoms with van der Waals surface area (Å²) in [5, 5.41) is 6.14. The Morgan fingerprint density at radius 2 is 2.03 bits per heavy atom. The van der Waals surface area contributed by atoms with Crippen LogP contribution in [0.25, 0.3) is 0 Å². The van der Waals surface area contributed by atoms with E-state index in [0.717, 1.165) is 12.8 Å². The van der Waals surface area contributed by atoms with Gasteiger partial charge in [-0.25, -0.2) is 0 Å². The van der Waals surface area contributed by atoms with Crippen molar-refractivity contribution in [3.05, 3.63) is 29.8 Å². The molecular weight excluding hydrogens is 388 g/mol. The lowest BCUT2D eigenvalue weighted by molar-refractivity contribution is -0.144. The normalized spacial score (nSPS) is 34.5. The number of ether oxygens (including phenoxy) is 1. The van der Waals surface area contributed by atoms with Gasteiger partial charge >= 0.3 is 0 Å². The second-order valence-electron chi connectivity index (χ2n) is 8.49. The lowest BCUT2D eigenvalue weighted by Gasteiger charge is -2.30. The van der Waals surface area contributed by atoms with E-state index >= 15 is 0 Å². The minimum Gasteiger partial charge on any atom is -0.376 e. The number of rotatable bonds is 5. The third-order valence-electron chi connectivity index (χ3n) is 6.83. The number of anilines is 1. The van der Waals surface area contributed by atoms with Gasteiger partial charge < -0.3 is 15.8 Å². The number of para-hydroxylation sites is 1. The second-order valence-corrected chi connectivity index (χ2v) is 8.49. The van der Waals surface area contributed by atoms with Gasteiger partial charge in [0.25, 0.3) is 0 Å². The Bertz CT molecular complexity index is 943. The molecule has 0 saturated carbocycles. The van der Waals surface area contributed by atoms with E-state index in [4.69, 9.17) is 10.5 Å². The molecule has 9 nitrogen and oxygen atoms in total. The van der Waals surface area contributed by atoms with Crippen LogP contribution < -0.4 is 16.4 Å². The van der Waals surface area contributed by atoms with Crippen LogP contribution in [-0.4, -0.2) is 53.8 Å². The van der Waals surface area contributed by atoms with Gasteiger partial charge in [0.05, 0.1) is 24.5 Å². The highest BCUT2D eigenvalue weighted by Gasteiger charge is 2.70. The molecule has 3 saturated heterocycles. The zero-order valence-corrected chi connectivity index (χ0v) is 16.4. The predicted octanol–water partition coefficient (Wildman–Crippen LogP) is -0.149. The first-order chi connectivity index (χ1) is 14.4. The lowest BCUT2D eigenvalue weighted by atomic mass is 9.76. The van der Waals surface area contributed by atoms with E-state index in [-0.39, 0.29) is 43.2 Å². The number of carbonyl (C=O) groups is 4. The van der Waals surface area contributed by atoms with Gasteiger partial charge in [-0.1, -0.05) is 18.2 Å². The fraction of sp³-hybridized carbons (Fsp3) is 0.524. The van der Waals surface area contributed by atoms with Crippen LogP contribution in [0, 0.1) is 11.8 Å². The molecule has 5 unspecified atom stereocenters. The molecule has 4 aliphatic rings. The first-order valence-corrected chi connectivity index (χ1v) is 10.4. The topological polar surface area (TPSA) is 131 Å². The number of primary amides is 1. The van der Waals surface area contributed by atoms with Crippen LogP contribution in [0.3, 0.4) is 0 Å². The van der Waals surface area contributed by atoms with Crippen molar-refractivity contribution in [1.82, 2.24) is 10.2 Å². The van der Waals surface area contributed by atoms with Gasteiger partial charge in [-0.05, 0) is 25.3 Å². The fourth-order valence-electron chi connectivity index (χ4n) is 5.54. The van der Waals surface area contributed by atoms with Gasteiger partial charge in [0.15, 0.2) is 0 Å². The number of carbonyl (C=O) groups excluding carboxylic acids is 4. The van der Waals surface area contributed by atoms with E-state index in [1.54, 1.807) is 24.3 Å². The maximum Gasteiger partial charge on any atom is 0.250 e. The zero-order valence-electron chi connectivity index (χ0n) is 16.4. The third-order valence-corrected chi connectivity index (χ3v) is 6.83. The number of hydrogen-bond acceptors (Lipinski definition) is 6. The highest BCUT2D eigenvalue weighted by atomic mass is 16.5. The van der Waals surface area contributed by atoms with E-state index in [2.05, 4.69) is 10.6 Å². The average Bonchev–Trinajstić information content (AvgIpc) is 3.46. The summed E-state index contributed by atoms with van der Waals surface area (Å²) in [6.07, 6.45) is 1.86. The monoisotopic (exact) mass is 412 g/mol. The smallest absolute Gasteiger partial charge is 0.250 e. The summed E-state index contributed by atoms with van der Waals surface area (Å²) in [6.45, 7) is 0.822. The van der Waals surface area contributed by atoms with Gasteiger partial charge in [-0.3, -0.25) is 29.4 Å². The summed E-state index contributed by atoms with van der Waals surface area (Å²) < 4.78 is 5.63. The van der Waals surface area contributed by atoms with Crippen molar-refractivity contribution in [2.24, 2.45) is 17.6 Å². The van der Waals surface area contributed by atoms with Crippen molar-refractivity contribution in [2.75, 3.05) is 18.5 Å². The first kappa shape index (κ1) is 19.2. The van der Waals surface area contributed by atoms with Crippen LogP contribution in [0.4, 0.5) is 5.69 Å². The van der Waals surface area contributed by atoms with Crippen LogP contribution in [-0.2, 0) is 29.5 Å². The number of imide groups is 1. The minimum atomic E-state index is -1.33. The summed E-state index contributed by atoms with van der Waals surface area (Å²) in [5.74, 6) is -3.10. The van der Waals surface area contributed by atoms with Crippen molar-refractivity contribution in [1.29, 1.82) is 0 Å². The van der Waals surface area contributed by atoms with Crippen LogP contribution in [0.1, 0.15) is 31.2 Å². The Morgan fingerprint density at radius 1 is 1.23 bits per heavy atom. The molecular formula is C21H24N4O5. The number of nitrogens with one attached hydrogen (secondary N) is 2. The predicted molar refractivity (Wildman–Crippen MR) is 105 cm³/mol. The second kappa shape index (κ2) is 6.88. The molecule has 4 aliphatic heterocycles. The molecule has 3 fully saturated rings. The SMILES string of the molecule is NC(=O)CCC1NC2(C(=O)Nc3ccccc32)C2C(=O)N(CC3CCCO3)C(=O)C12. The number of fused-ring (bicyclic) bond motifs is 4. The molecule has 5 atom stereocenters. The molecule has 1 spiro atoms. The molecule has 158 valence electrons. The summed E-state index contributed by atoms with van der Waals surface area (Å²) in [7, 11) is 0. The molecule has 1 aromatic rings. The number of nitrogens with two attached hydrogens (primary N) is 1. The lowest BCUT2D eigenvalue weighted by Crippen LogP contribution is -2.53. The highest BCUT2D eigenvalue weighted by molar-refractivity contribution is 6.15. The van der Waals surface area contributed by atoms with Crippen molar-refractivity contribution in [3.8, 4) is 0 Å². The quantitative estimate of drug-likeness (QED) is 0.577. The molecule has 4 amide bonds. The molecule has 0 bridgehead atoms. The van der Waals surface area contributed by atoms with Gasteiger partial charge in [-0.2, -0.15) is 0 Å². The van der Waals surface area contributed by atoms with Gasteiger partial charge in [0, 0.05) is 30.3 Å². The van der Waals surface area contributed by atoms with Crippen LogP contribution in [0.5, 0.6) is 0 Å². The summed E-state index contributed by atoms with van der Waals surface area (Å²) in [4.78, 5) is 52.8. The fourth-order valence-corrected chi connectivity index (χ4v) is 5.54. The zero-order chi connectivity index (χ0) is 21.0. The standard InChI is InChI=1S/C21H24N4O5/c22-15(26)8-7-14-16-17(19(28)25(18(16)27)10-11-4-3-9-30-11)21(24-14)12-5-1-2-6-13(12)23-20(21)29/h1-2,5-6,11,14,16-17,24H,3-4,7-10H2,(H2,22,26)(H,23,29). The maximum absolute atomic E-state index is 13.5. The molecule has 0 aromatic heterocycles. The van der Waals surface area contributed by atoms with E-state index in [1.165, 1.54) is 4.90 Å². The van der Waals surface area contributed by atoms with E-state index < -0.39 is 29.3 Å². The Hall–Kier alpha value is -2.78. The molecule has 0 aliphatic carbocycles. The summed E-state index contributed by atoms with van der Waals surface area (Å²) >= 11 is 0. The van der Waals surface area contributed by atoms with Gasteiger partial charge in [-0.15, -0.1) is 0 Å². The van der Waals surface area contributed by atoms with Crippen molar-refractivity contribution < 1.29 is 23.9 Å². The molecule has 9 heteroatoms. The molecule has 4 heterocycles. The van der Waals surface area contributed by atoms with Gasteiger partial charge in [0.1, 0.15) is 5.54 Å². The number of amides is 4. The maximum atomic E-state index is 13.5. The number of likely N-dealkylation sites (tertiary alicyclic amines) is 1. The van der Waals surface area contributed by atoms with Crippen LogP contribution >= 0.6 is 0 Å². The van der Waals surface area contributed by atoms with Crippen molar-refractivity contribution in [2.45, 2.75) is 43.4 Å². The molecule has 4 N–H and O–H groups in total. The number of benzene rings is 1. The highest BCUT2D eigenvalue weighted by Crippen LogP contribution is 2.53. The van der Waals surface area contributed by atoms with Crippen molar-refractivity contribution >= 4 is 29.3 Å². The first-order valence-electron chi connectivity index (χ1n) is 10.4.